The highest BCUT2D eigenvalue weighted by molar-refractivity contribution is 6.32. The maximum Gasteiger partial charge on any atom is 0.144 e. The Balaban J connectivity index is 2.70. The lowest BCUT2D eigenvalue weighted by atomic mass is 10.5. The fourth-order valence-electron chi connectivity index (χ4n) is 0.510. The van der Waals surface area contributed by atoms with Crippen molar-refractivity contribution in [3.05, 3.63) is 11.4 Å². The summed E-state index contributed by atoms with van der Waals surface area (Å²) >= 11 is 11.2. The number of nitrogens with zero attached hydrogens (tertiary/aromatic N) is 2. The summed E-state index contributed by atoms with van der Waals surface area (Å²) in [6, 6.07) is 0. The first-order valence-electron chi connectivity index (χ1n) is 2.47. The second-order valence-electron chi connectivity index (χ2n) is 1.77. The summed E-state index contributed by atoms with van der Waals surface area (Å²) in [6.45, 7) is 0. The molecule has 2 nitrogen and oxygen atoms in total. The maximum atomic E-state index is 5.71. The van der Waals surface area contributed by atoms with E-state index >= 15 is 0 Å². The van der Waals surface area contributed by atoms with Crippen molar-refractivity contribution in [2.45, 2.75) is 5.50 Å². The van der Waals surface area contributed by atoms with E-state index in [2.05, 4.69) is 4.99 Å². The molecule has 1 unspecified atom stereocenters. The molecule has 1 atom stereocenters. The van der Waals surface area contributed by atoms with Gasteiger partial charge in [-0.2, -0.15) is 0 Å². The largest absolute Gasteiger partial charge is 0.357 e. The van der Waals surface area contributed by atoms with Crippen molar-refractivity contribution in [2.75, 3.05) is 7.05 Å². The van der Waals surface area contributed by atoms with Gasteiger partial charge in [-0.3, -0.25) is 0 Å². The van der Waals surface area contributed by atoms with E-state index in [0.717, 1.165) is 0 Å². The van der Waals surface area contributed by atoms with Gasteiger partial charge in [0.25, 0.3) is 0 Å². The minimum absolute atomic E-state index is 0.160. The Morgan fingerprint density at radius 1 is 1.78 bits per heavy atom. The van der Waals surface area contributed by atoms with Crippen molar-refractivity contribution in [3.63, 3.8) is 0 Å². The first-order valence-corrected chi connectivity index (χ1v) is 3.29. The number of rotatable bonds is 0. The summed E-state index contributed by atoms with van der Waals surface area (Å²) in [6.07, 6.45) is 3.27. The van der Waals surface area contributed by atoms with Crippen LogP contribution in [0.4, 0.5) is 0 Å². The summed E-state index contributed by atoms with van der Waals surface area (Å²) in [4.78, 5) is 5.56. The van der Waals surface area contributed by atoms with E-state index < -0.39 is 0 Å². The number of alkyl halides is 1. The Labute approximate surface area is 63.8 Å². The highest BCUT2D eigenvalue weighted by atomic mass is 35.5. The molecule has 0 bridgehead atoms. The molecule has 0 fully saturated rings. The average Bonchev–Trinajstić information content (AvgIpc) is 1.80. The number of halogens is 2. The van der Waals surface area contributed by atoms with Gasteiger partial charge in [-0.25, -0.2) is 4.99 Å². The van der Waals surface area contributed by atoms with Crippen LogP contribution < -0.4 is 0 Å². The molecule has 0 aliphatic carbocycles. The van der Waals surface area contributed by atoms with Crippen LogP contribution in [-0.2, 0) is 0 Å². The molecule has 0 aromatic carbocycles. The molecule has 1 aliphatic rings. The zero-order valence-corrected chi connectivity index (χ0v) is 6.39. The zero-order valence-electron chi connectivity index (χ0n) is 4.88. The Bertz CT molecular complexity index is 164. The lowest BCUT2D eigenvalue weighted by Crippen LogP contribution is -2.25. The predicted octanol–water partition coefficient (Wildman–Crippen LogP) is 1.61. The molecule has 0 spiro atoms. The Morgan fingerprint density at radius 2 is 2.44 bits per heavy atom. The smallest absolute Gasteiger partial charge is 0.144 e. The monoisotopic (exact) mass is 164 g/mol. The lowest BCUT2D eigenvalue weighted by molar-refractivity contribution is 0.485. The van der Waals surface area contributed by atoms with E-state index in [-0.39, 0.29) is 5.50 Å². The van der Waals surface area contributed by atoms with E-state index in [1.54, 1.807) is 17.3 Å². The van der Waals surface area contributed by atoms with E-state index in [0.29, 0.717) is 5.16 Å². The third-order valence-corrected chi connectivity index (χ3v) is 1.64. The van der Waals surface area contributed by atoms with Gasteiger partial charge in [-0.1, -0.05) is 23.2 Å². The van der Waals surface area contributed by atoms with E-state index in [9.17, 15) is 0 Å². The minimum Gasteiger partial charge on any atom is -0.357 e. The Hall–Kier alpha value is -0.210. The predicted molar refractivity (Wildman–Crippen MR) is 39.8 cm³/mol. The summed E-state index contributed by atoms with van der Waals surface area (Å²) in [5, 5.41) is 0.467. The normalized spacial score (nSPS) is 26.3. The van der Waals surface area contributed by atoms with Crippen LogP contribution >= 0.6 is 23.2 Å². The van der Waals surface area contributed by atoms with Gasteiger partial charge >= 0.3 is 0 Å². The summed E-state index contributed by atoms with van der Waals surface area (Å²) in [5.41, 5.74) is -0.160. The van der Waals surface area contributed by atoms with Crippen LogP contribution in [0.25, 0.3) is 0 Å². The lowest BCUT2D eigenvalue weighted by Gasteiger charge is -2.19. The highest BCUT2D eigenvalue weighted by Crippen LogP contribution is 2.12. The van der Waals surface area contributed by atoms with Gasteiger partial charge in [0.15, 0.2) is 0 Å². The van der Waals surface area contributed by atoms with Crippen LogP contribution in [0, 0.1) is 0 Å². The van der Waals surface area contributed by atoms with E-state index in [4.69, 9.17) is 23.2 Å². The molecule has 0 aromatic rings. The first kappa shape index (κ1) is 6.90. The fourth-order valence-corrected chi connectivity index (χ4v) is 0.833. The number of aliphatic imine (C=N–C) groups is 1. The molecule has 0 saturated heterocycles. The Morgan fingerprint density at radius 3 is 2.89 bits per heavy atom. The molecule has 0 radical (unpaired) electrons. The summed E-state index contributed by atoms with van der Waals surface area (Å²) in [7, 11) is 1.84. The third-order valence-electron chi connectivity index (χ3n) is 1.02. The molecular formula is C5H6Cl2N2. The van der Waals surface area contributed by atoms with Crippen molar-refractivity contribution >= 4 is 29.4 Å². The van der Waals surface area contributed by atoms with Crippen molar-refractivity contribution in [1.82, 2.24) is 4.90 Å². The summed E-state index contributed by atoms with van der Waals surface area (Å²) in [5.74, 6) is 0. The SMILES string of the molecule is CN1C=C(Cl)N=CC1Cl. The van der Waals surface area contributed by atoms with Crippen LogP contribution in [-0.4, -0.2) is 23.7 Å². The molecule has 1 rings (SSSR count). The second kappa shape index (κ2) is 2.58. The molecule has 50 valence electrons. The van der Waals surface area contributed by atoms with Gasteiger partial charge in [0.1, 0.15) is 10.7 Å². The molecule has 4 heteroatoms. The van der Waals surface area contributed by atoms with E-state index in [1.165, 1.54) is 0 Å². The van der Waals surface area contributed by atoms with Gasteiger partial charge in [0.2, 0.25) is 0 Å². The molecule has 1 heterocycles. The molecule has 9 heavy (non-hydrogen) atoms. The Kier molecular flexibility index (Phi) is 1.98. The standard InChI is InChI=1S/C5H6Cl2N2/c1-9-3-4(6)8-2-5(9)7/h2-3,5H,1H3. The van der Waals surface area contributed by atoms with Crippen LogP contribution in [0.3, 0.4) is 0 Å². The minimum atomic E-state index is -0.160. The maximum absolute atomic E-state index is 5.71. The third kappa shape index (κ3) is 1.60. The molecule has 1 aliphatic heterocycles. The highest BCUT2D eigenvalue weighted by Gasteiger charge is 2.08. The van der Waals surface area contributed by atoms with Crippen LogP contribution in [0.2, 0.25) is 0 Å². The van der Waals surface area contributed by atoms with E-state index in [1.807, 2.05) is 7.05 Å². The van der Waals surface area contributed by atoms with Crippen molar-refractivity contribution in [3.8, 4) is 0 Å². The van der Waals surface area contributed by atoms with Gasteiger partial charge in [0, 0.05) is 19.5 Å². The topological polar surface area (TPSA) is 15.6 Å². The second-order valence-corrected chi connectivity index (χ2v) is 2.60. The number of hydrogen-bond acceptors (Lipinski definition) is 2. The zero-order chi connectivity index (χ0) is 6.85. The van der Waals surface area contributed by atoms with Gasteiger partial charge in [-0.05, 0) is 0 Å². The van der Waals surface area contributed by atoms with Gasteiger partial charge in [-0.15, -0.1) is 0 Å². The van der Waals surface area contributed by atoms with Crippen molar-refractivity contribution in [2.24, 2.45) is 4.99 Å². The van der Waals surface area contributed by atoms with Crippen LogP contribution in [0.5, 0.6) is 0 Å². The number of hydrogen-bond donors (Lipinski definition) is 0. The molecule has 0 N–H and O–H groups in total. The first-order chi connectivity index (χ1) is 4.20. The molecule has 0 aromatic heterocycles. The average molecular weight is 165 g/mol. The molecular weight excluding hydrogens is 159 g/mol. The van der Waals surface area contributed by atoms with Crippen molar-refractivity contribution in [1.29, 1.82) is 0 Å². The molecule has 0 saturated carbocycles. The van der Waals surface area contributed by atoms with Crippen LogP contribution in [0.15, 0.2) is 16.3 Å². The molecule has 0 amide bonds. The van der Waals surface area contributed by atoms with Crippen LogP contribution in [0.1, 0.15) is 0 Å². The van der Waals surface area contributed by atoms with Gasteiger partial charge in [0.05, 0.1) is 0 Å². The quantitative estimate of drug-likeness (QED) is 0.393. The van der Waals surface area contributed by atoms with Gasteiger partial charge < -0.3 is 4.90 Å². The fraction of sp³-hybridized carbons (Fsp3) is 0.400. The summed E-state index contributed by atoms with van der Waals surface area (Å²) < 4.78 is 0. The van der Waals surface area contributed by atoms with Crippen molar-refractivity contribution < 1.29 is 0 Å².